The topological polar surface area (TPSA) is 65.0 Å². The Balaban J connectivity index is 1.47. The van der Waals surface area contributed by atoms with Crippen LogP contribution in [0.3, 0.4) is 0 Å². The third-order valence-corrected chi connectivity index (χ3v) is 7.58. The van der Waals surface area contributed by atoms with Crippen molar-refractivity contribution in [3.63, 3.8) is 0 Å². The minimum atomic E-state index is -0.668. The lowest BCUT2D eigenvalue weighted by Crippen LogP contribution is -2.38. The fourth-order valence-electron chi connectivity index (χ4n) is 5.51. The molecule has 0 amide bonds. The third-order valence-electron chi connectivity index (χ3n) is 7.32. The maximum Gasteiger partial charge on any atom is 0.315 e. The highest BCUT2D eigenvalue weighted by molar-refractivity contribution is 6.30. The van der Waals surface area contributed by atoms with Gasteiger partial charge in [-0.05, 0) is 74.1 Å². The van der Waals surface area contributed by atoms with Gasteiger partial charge in [-0.2, -0.15) is 0 Å². The molecule has 5 nitrogen and oxygen atoms in total. The number of carbonyl (C=O) groups excluding carboxylic acids is 2. The van der Waals surface area contributed by atoms with Crippen molar-refractivity contribution >= 4 is 29.1 Å². The molecule has 1 aliphatic heterocycles. The number of Topliss-reactive ketones (excluding diaryl/α,β-unsaturated/α-hetero) is 1. The van der Waals surface area contributed by atoms with E-state index in [0.29, 0.717) is 35.8 Å². The number of aliphatic imine (C=N–C) groups is 1. The highest BCUT2D eigenvalue weighted by atomic mass is 35.5. The number of ether oxygens (including phenoxy) is 2. The van der Waals surface area contributed by atoms with Gasteiger partial charge in [0, 0.05) is 34.3 Å². The zero-order chi connectivity index (χ0) is 27.5. The Morgan fingerprint density at radius 3 is 2.28 bits per heavy atom. The van der Waals surface area contributed by atoms with Gasteiger partial charge in [0.05, 0.1) is 6.10 Å². The molecule has 200 valence electrons. The summed E-state index contributed by atoms with van der Waals surface area (Å²) in [5.41, 5.74) is 5.05. The molecule has 0 aromatic heterocycles. The maximum absolute atomic E-state index is 13.8. The van der Waals surface area contributed by atoms with Crippen LogP contribution in [0.15, 0.2) is 95.1 Å². The fraction of sp³-hybridized carbons (Fsp3) is 0.303. The monoisotopic (exact) mass is 541 g/mol. The summed E-state index contributed by atoms with van der Waals surface area (Å²) in [4.78, 5) is 31.9. The van der Waals surface area contributed by atoms with Gasteiger partial charge in [-0.25, -0.2) is 0 Å². The van der Waals surface area contributed by atoms with Crippen LogP contribution >= 0.6 is 11.6 Å². The van der Waals surface area contributed by atoms with Gasteiger partial charge in [-0.3, -0.25) is 14.6 Å². The van der Waals surface area contributed by atoms with Crippen LogP contribution in [0.1, 0.15) is 62.1 Å². The van der Waals surface area contributed by atoms with E-state index in [9.17, 15) is 9.59 Å². The Morgan fingerprint density at radius 1 is 0.949 bits per heavy atom. The Morgan fingerprint density at radius 2 is 1.62 bits per heavy atom. The molecule has 0 saturated heterocycles. The summed E-state index contributed by atoms with van der Waals surface area (Å²) in [5, 5.41) is 0.662. The molecule has 6 heteroatoms. The molecule has 2 aliphatic rings. The molecule has 0 bridgehead atoms. The molecule has 0 saturated carbocycles. The standard InChI is InChI=1S/C33H32ClNO4/c1-20(2)39-33(37)30-21(3)35-28-17-25(23-9-13-26(34)14-10-23)18-29(36)32(28)31(30)24-11-15-27(16-12-24)38-19-22-7-5-4-6-8-22/h4-16,20,25,30-31H,17-19H2,1-3H3/t25-,30?,31+/m0/s1. The number of esters is 1. The van der Waals surface area contributed by atoms with E-state index in [2.05, 4.69) is 0 Å². The van der Waals surface area contributed by atoms with E-state index in [1.165, 1.54) is 0 Å². The average Bonchev–Trinajstić information content (AvgIpc) is 2.92. The van der Waals surface area contributed by atoms with Gasteiger partial charge in [-0.1, -0.05) is 66.2 Å². The molecule has 3 atom stereocenters. The molecular formula is C33H32ClNO4. The van der Waals surface area contributed by atoms with Gasteiger partial charge in [0.15, 0.2) is 5.78 Å². The van der Waals surface area contributed by atoms with Crippen molar-refractivity contribution in [3.8, 4) is 5.75 Å². The van der Waals surface area contributed by atoms with Crippen LogP contribution in [-0.4, -0.2) is 23.6 Å². The van der Waals surface area contributed by atoms with Crippen molar-refractivity contribution in [1.82, 2.24) is 0 Å². The van der Waals surface area contributed by atoms with Gasteiger partial charge in [-0.15, -0.1) is 0 Å². The van der Waals surface area contributed by atoms with Crippen LogP contribution in [0.4, 0.5) is 0 Å². The highest BCUT2D eigenvalue weighted by Gasteiger charge is 2.45. The number of ketones is 1. The maximum atomic E-state index is 13.8. The van der Waals surface area contributed by atoms with E-state index in [-0.39, 0.29) is 23.8 Å². The Bertz CT molecular complexity index is 1410. The SMILES string of the molecule is CC1=NC2=C(C(=O)C[C@@H](c3ccc(Cl)cc3)C2)[C@H](c2ccc(OCc3ccccc3)cc2)C1C(=O)OC(C)C. The van der Waals surface area contributed by atoms with Crippen LogP contribution in [0, 0.1) is 5.92 Å². The summed E-state index contributed by atoms with van der Waals surface area (Å²) < 4.78 is 11.6. The van der Waals surface area contributed by atoms with Crippen molar-refractivity contribution in [2.24, 2.45) is 10.9 Å². The third kappa shape index (κ3) is 5.99. The van der Waals surface area contributed by atoms with E-state index in [1.807, 2.05) is 99.6 Å². The predicted molar refractivity (Wildman–Crippen MR) is 153 cm³/mol. The second-order valence-electron chi connectivity index (χ2n) is 10.5. The van der Waals surface area contributed by atoms with Gasteiger partial charge in [0.2, 0.25) is 0 Å². The summed E-state index contributed by atoms with van der Waals surface area (Å²) in [7, 11) is 0. The second-order valence-corrected chi connectivity index (χ2v) is 10.9. The summed E-state index contributed by atoms with van der Waals surface area (Å²) in [6.07, 6.45) is 0.711. The Hall–Kier alpha value is -3.70. The van der Waals surface area contributed by atoms with E-state index in [0.717, 1.165) is 28.1 Å². The number of hydrogen-bond donors (Lipinski definition) is 0. The van der Waals surface area contributed by atoms with E-state index in [4.69, 9.17) is 26.1 Å². The summed E-state index contributed by atoms with van der Waals surface area (Å²) in [5.74, 6) is -0.747. The van der Waals surface area contributed by atoms with Gasteiger partial charge < -0.3 is 9.47 Å². The lowest BCUT2D eigenvalue weighted by Gasteiger charge is -2.36. The average molecular weight is 542 g/mol. The van der Waals surface area contributed by atoms with E-state index in [1.54, 1.807) is 0 Å². The minimum absolute atomic E-state index is 0.0126. The predicted octanol–water partition coefficient (Wildman–Crippen LogP) is 7.45. The van der Waals surface area contributed by atoms with Crippen LogP contribution in [-0.2, 0) is 20.9 Å². The summed E-state index contributed by atoms with van der Waals surface area (Å²) >= 11 is 6.09. The Labute approximate surface area is 234 Å². The van der Waals surface area contributed by atoms with Crippen LogP contribution in [0.2, 0.25) is 5.02 Å². The largest absolute Gasteiger partial charge is 0.489 e. The summed E-state index contributed by atoms with van der Waals surface area (Å²) in [6, 6.07) is 25.3. The molecule has 0 radical (unpaired) electrons. The number of carbonyl (C=O) groups is 2. The van der Waals surface area contributed by atoms with Crippen molar-refractivity contribution in [2.45, 2.75) is 58.2 Å². The van der Waals surface area contributed by atoms with Crippen molar-refractivity contribution < 1.29 is 19.1 Å². The number of hydrogen-bond acceptors (Lipinski definition) is 5. The number of nitrogens with zero attached hydrogens (tertiary/aromatic N) is 1. The molecule has 0 spiro atoms. The van der Waals surface area contributed by atoms with E-state index < -0.39 is 11.8 Å². The zero-order valence-corrected chi connectivity index (χ0v) is 23.2. The Kier molecular flexibility index (Phi) is 7.99. The molecule has 0 N–H and O–H groups in total. The van der Waals surface area contributed by atoms with Crippen molar-refractivity contribution in [3.05, 3.63) is 112 Å². The molecule has 3 aromatic carbocycles. The van der Waals surface area contributed by atoms with E-state index >= 15 is 0 Å². The first kappa shape index (κ1) is 26.9. The van der Waals surface area contributed by atoms with Gasteiger partial charge >= 0.3 is 5.97 Å². The molecule has 3 aromatic rings. The number of rotatable bonds is 7. The summed E-state index contributed by atoms with van der Waals surface area (Å²) in [6.45, 7) is 5.97. The molecular weight excluding hydrogens is 510 g/mol. The van der Waals surface area contributed by atoms with Crippen LogP contribution < -0.4 is 4.74 Å². The number of allylic oxidation sites excluding steroid dienone is 2. The van der Waals surface area contributed by atoms with Crippen LogP contribution in [0.25, 0.3) is 0 Å². The smallest absolute Gasteiger partial charge is 0.315 e. The highest BCUT2D eigenvalue weighted by Crippen LogP contribution is 2.47. The van der Waals surface area contributed by atoms with Crippen molar-refractivity contribution in [2.75, 3.05) is 0 Å². The first-order valence-electron chi connectivity index (χ1n) is 13.3. The molecule has 0 fully saturated rings. The van der Waals surface area contributed by atoms with Gasteiger partial charge in [0.25, 0.3) is 0 Å². The normalized spacial score (nSPS) is 20.9. The van der Waals surface area contributed by atoms with Gasteiger partial charge in [0.1, 0.15) is 18.3 Å². The fourth-order valence-corrected chi connectivity index (χ4v) is 5.64. The molecule has 1 aliphatic carbocycles. The number of benzene rings is 3. The van der Waals surface area contributed by atoms with Crippen molar-refractivity contribution in [1.29, 1.82) is 0 Å². The number of halogens is 1. The molecule has 5 rings (SSSR count). The zero-order valence-electron chi connectivity index (χ0n) is 22.4. The second kappa shape index (κ2) is 11.6. The lowest BCUT2D eigenvalue weighted by molar-refractivity contribution is -0.150. The lowest BCUT2D eigenvalue weighted by atomic mass is 9.69. The first-order valence-corrected chi connectivity index (χ1v) is 13.7. The quantitative estimate of drug-likeness (QED) is 0.291. The molecule has 39 heavy (non-hydrogen) atoms. The first-order chi connectivity index (χ1) is 18.8. The molecule has 1 heterocycles. The van der Waals surface area contributed by atoms with Crippen LogP contribution in [0.5, 0.6) is 5.75 Å². The molecule has 1 unspecified atom stereocenters. The minimum Gasteiger partial charge on any atom is -0.489 e.